The molecule has 10 nitrogen and oxygen atoms in total. The van der Waals surface area contributed by atoms with E-state index in [0.717, 1.165) is 58.3 Å². The van der Waals surface area contributed by atoms with Gasteiger partial charge in [-0.05, 0) is 92.2 Å². The van der Waals surface area contributed by atoms with Crippen LogP contribution in [0.15, 0.2) is 103 Å². The molecule has 54 heavy (non-hydrogen) atoms. The highest BCUT2D eigenvalue weighted by molar-refractivity contribution is 5.93. The highest BCUT2D eigenvalue weighted by atomic mass is 16.7. The fourth-order valence-electron chi connectivity index (χ4n) is 7.31. The van der Waals surface area contributed by atoms with E-state index < -0.39 is 11.9 Å². The molecule has 0 aliphatic carbocycles. The Balaban J connectivity index is 1.10. The van der Waals surface area contributed by atoms with Gasteiger partial charge in [-0.3, -0.25) is 19.5 Å². The first-order valence-corrected chi connectivity index (χ1v) is 18.7. The van der Waals surface area contributed by atoms with Crippen LogP contribution in [0.4, 0.5) is 0 Å². The lowest BCUT2D eigenvalue weighted by Gasteiger charge is -2.43. The van der Waals surface area contributed by atoms with Gasteiger partial charge in [0.05, 0.1) is 36.0 Å². The molecule has 2 aliphatic heterocycles. The second-order valence-corrected chi connectivity index (χ2v) is 15.3. The summed E-state index contributed by atoms with van der Waals surface area (Å²) in [6.45, 7) is 9.48. The zero-order valence-corrected chi connectivity index (χ0v) is 31.3. The maximum Gasteiger partial charge on any atom is 0.323 e. The molecule has 10 heteroatoms. The van der Waals surface area contributed by atoms with E-state index in [1.807, 2.05) is 99.6 Å². The van der Waals surface area contributed by atoms with Gasteiger partial charge in [-0.15, -0.1) is 0 Å². The summed E-state index contributed by atoms with van der Waals surface area (Å²) in [6, 6.07) is 31.3. The number of amides is 1. The van der Waals surface area contributed by atoms with Gasteiger partial charge in [0.2, 0.25) is 0 Å². The number of fused-ring (bicyclic) bond motifs is 1. The number of nitrogens with zero attached hydrogens (tertiary/aromatic N) is 3. The number of para-hydroxylation sites is 2. The van der Waals surface area contributed by atoms with Crippen molar-refractivity contribution in [2.75, 3.05) is 13.1 Å². The van der Waals surface area contributed by atoms with E-state index in [-0.39, 0.29) is 48.3 Å². The first kappa shape index (κ1) is 37.3. The van der Waals surface area contributed by atoms with Crippen molar-refractivity contribution in [2.24, 2.45) is 5.92 Å². The summed E-state index contributed by atoms with van der Waals surface area (Å²) in [4.78, 5) is 37.3. The van der Waals surface area contributed by atoms with Crippen LogP contribution >= 0.6 is 0 Å². The normalized spacial score (nSPS) is 21.9. The van der Waals surface area contributed by atoms with Crippen molar-refractivity contribution in [1.29, 1.82) is 0 Å². The number of esters is 1. The highest BCUT2D eigenvalue weighted by Crippen LogP contribution is 2.43. The van der Waals surface area contributed by atoms with Crippen molar-refractivity contribution in [1.82, 2.24) is 20.2 Å². The van der Waals surface area contributed by atoms with Gasteiger partial charge in [0, 0.05) is 24.6 Å². The van der Waals surface area contributed by atoms with Crippen LogP contribution in [0.2, 0.25) is 0 Å². The Bertz CT molecular complexity index is 2100. The second kappa shape index (κ2) is 16.2. The molecule has 5 unspecified atom stereocenters. The Morgan fingerprint density at radius 1 is 0.889 bits per heavy atom. The summed E-state index contributed by atoms with van der Waals surface area (Å²) in [5.74, 6) is -0.510. The zero-order valence-electron chi connectivity index (χ0n) is 31.3. The molecule has 2 N–H and O–H groups in total. The fraction of sp³-hybridized carbons (Fsp3) is 0.364. The molecular weight excluding hydrogens is 681 g/mol. The Hall–Kier alpha value is -5.00. The van der Waals surface area contributed by atoms with Gasteiger partial charge in [0.1, 0.15) is 17.3 Å². The molecule has 7 rings (SSSR count). The van der Waals surface area contributed by atoms with Gasteiger partial charge in [0.15, 0.2) is 6.29 Å². The summed E-state index contributed by atoms with van der Waals surface area (Å²) in [5, 5.41) is 12.7. The molecule has 0 saturated carbocycles. The van der Waals surface area contributed by atoms with Crippen LogP contribution in [-0.2, 0) is 32.2 Å². The molecule has 2 fully saturated rings. The molecule has 0 bridgehead atoms. The van der Waals surface area contributed by atoms with E-state index >= 15 is 0 Å². The van der Waals surface area contributed by atoms with Crippen LogP contribution in [-0.4, -0.2) is 62.7 Å². The van der Waals surface area contributed by atoms with Gasteiger partial charge in [-0.2, -0.15) is 0 Å². The van der Waals surface area contributed by atoms with Crippen molar-refractivity contribution in [2.45, 2.75) is 83.8 Å². The van der Waals surface area contributed by atoms with Crippen LogP contribution in [0.5, 0.6) is 0 Å². The van der Waals surface area contributed by atoms with Crippen molar-refractivity contribution in [3.05, 3.63) is 131 Å². The minimum atomic E-state index is -0.665. The Kier molecular flexibility index (Phi) is 11.2. The number of likely N-dealkylation sites (tertiary alicyclic amines) is 1. The van der Waals surface area contributed by atoms with E-state index in [0.29, 0.717) is 18.6 Å². The summed E-state index contributed by atoms with van der Waals surface area (Å²) in [6.07, 6.45) is 1.98. The SMILES string of the molecule is CC1C(CN2CCCC2C(=O)OC(C)(C)C)OC(c2cccc(-c3cccc(CNC(=O)c4cnc5ccccc5n4)c3)c2)OC1c1ccc(CO)cc1. The van der Waals surface area contributed by atoms with E-state index in [4.69, 9.17) is 14.2 Å². The number of aliphatic hydroxyl groups is 1. The standard InChI is InChI=1S/C44H48N4O6/c1-28-39(26-48-21-9-16-38(48)42(51)54-44(2,3)4)52-43(53-40(28)31-19-17-29(27-49)18-20-31)34-13-8-12-33(23-34)32-11-7-10-30(22-32)24-46-41(50)37-25-45-35-14-5-6-15-36(35)47-37/h5-8,10-15,17-20,22-23,25,28,38-40,43,49H,9,16,21,24,26-27H2,1-4H3,(H,46,50). The molecule has 3 heterocycles. The maximum atomic E-state index is 13.2. The summed E-state index contributed by atoms with van der Waals surface area (Å²) >= 11 is 0. The number of hydrogen-bond donors (Lipinski definition) is 2. The first-order chi connectivity index (χ1) is 26.0. The minimum absolute atomic E-state index is 0.0308. The molecule has 2 aliphatic rings. The molecule has 280 valence electrons. The maximum absolute atomic E-state index is 13.2. The van der Waals surface area contributed by atoms with Crippen LogP contribution in [0, 0.1) is 5.92 Å². The fourth-order valence-corrected chi connectivity index (χ4v) is 7.31. The summed E-state index contributed by atoms with van der Waals surface area (Å²) < 4.78 is 19.4. The average molecular weight is 729 g/mol. The minimum Gasteiger partial charge on any atom is -0.459 e. The Morgan fingerprint density at radius 3 is 2.39 bits per heavy atom. The molecule has 0 radical (unpaired) electrons. The molecule has 0 spiro atoms. The molecule has 5 aromatic rings. The number of rotatable bonds is 10. The van der Waals surface area contributed by atoms with Crippen LogP contribution in [0.25, 0.3) is 22.2 Å². The van der Waals surface area contributed by atoms with E-state index in [2.05, 4.69) is 45.3 Å². The summed E-state index contributed by atoms with van der Waals surface area (Å²) in [7, 11) is 0. The molecule has 1 aromatic heterocycles. The molecule has 2 saturated heterocycles. The third-order valence-corrected chi connectivity index (χ3v) is 10.1. The van der Waals surface area contributed by atoms with Gasteiger partial charge in [-0.1, -0.05) is 79.7 Å². The number of aromatic nitrogens is 2. The molecule has 4 aromatic carbocycles. The number of carbonyl (C=O) groups is 2. The van der Waals surface area contributed by atoms with Crippen molar-refractivity contribution in [3.8, 4) is 11.1 Å². The zero-order chi connectivity index (χ0) is 37.8. The molecule has 5 atom stereocenters. The number of ether oxygens (including phenoxy) is 3. The number of carbonyl (C=O) groups excluding carboxylic acids is 2. The first-order valence-electron chi connectivity index (χ1n) is 18.7. The second-order valence-electron chi connectivity index (χ2n) is 15.3. The monoisotopic (exact) mass is 728 g/mol. The van der Waals surface area contributed by atoms with Crippen LogP contribution in [0.1, 0.15) is 85.7 Å². The predicted molar refractivity (Wildman–Crippen MR) is 206 cm³/mol. The van der Waals surface area contributed by atoms with E-state index in [1.54, 1.807) is 0 Å². The van der Waals surface area contributed by atoms with E-state index in [9.17, 15) is 14.7 Å². The number of nitrogens with one attached hydrogen (secondary N) is 1. The average Bonchev–Trinajstić information content (AvgIpc) is 3.65. The van der Waals surface area contributed by atoms with Crippen molar-refractivity contribution >= 4 is 22.9 Å². The predicted octanol–water partition coefficient (Wildman–Crippen LogP) is 7.32. The number of aliphatic hydroxyl groups excluding tert-OH is 1. The van der Waals surface area contributed by atoms with Gasteiger partial charge < -0.3 is 24.6 Å². The smallest absolute Gasteiger partial charge is 0.323 e. The highest BCUT2D eigenvalue weighted by Gasteiger charge is 2.42. The van der Waals surface area contributed by atoms with Crippen LogP contribution < -0.4 is 5.32 Å². The quantitative estimate of drug-likeness (QED) is 0.143. The third-order valence-electron chi connectivity index (χ3n) is 10.1. The Morgan fingerprint density at radius 2 is 1.63 bits per heavy atom. The lowest BCUT2D eigenvalue weighted by Crippen LogP contribution is -2.48. The van der Waals surface area contributed by atoms with Gasteiger partial charge >= 0.3 is 5.97 Å². The lowest BCUT2D eigenvalue weighted by molar-refractivity contribution is -0.276. The number of benzene rings is 4. The lowest BCUT2D eigenvalue weighted by atomic mass is 9.89. The molecular formula is C44H48N4O6. The van der Waals surface area contributed by atoms with Gasteiger partial charge in [0.25, 0.3) is 5.91 Å². The Labute approximate surface area is 316 Å². The summed E-state index contributed by atoms with van der Waals surface area (Å²) in [5.41, 5.74) is 6.75. The van der Waals surface area contributed by atoms with Crippen molar-refractivity contribution in [3.63, 3.8) is 0 Å². The third kappa shape index (κ3) is 8.69. The topological polar surface area (TPSA) is 123 Å². The van der Waals surface area contributed by atoms with Crippen molar-refractivity contribution < 1.29 is 28.9 Å². The number of hydrogen-bond acceptors (Lipinski definition) is 9. The molecule has 1 amide bonds. The van der Waals surface area contributed by atoms with Gasteiger partial charge in [-0.25, -0.2) is 4.98 Å². The largest absolute Gasteiger partial charge is 0.459 e. The van der Waals surface area contributed by atoms with Crippen LogP contribution in [0.3, 0.4) is 0 Å². The van der Waals surface area contributed by atoms with E-state index in [1.165, 1.54) is 6.20 Å².